The predicted octanol–water partition coefficient (Wildman–Crippen LogP) is 2.92. The van der Waals surface area contributed by atoms with Crippen LogP contribution in [0, 0.1) is 11.8 Å². The van der Waals surface area contributed by atoms with Crippen molar-refractivity contribution in [2.24, 2.45) is 0 Å². The van der Waals surface area contributed by atoms with Crippen LogP contribution in [0.15, 0.2) is 24.3 Å². The van der Waals surface area contributed by atoms with Crippen LogP contribution in [0.5, 0.6) is 0 Å². The first-order valence-corrected chi connectivity index (χ1v) is 4.77. The molecular weight excluding hydrogens is 233 g/mol. The van der Waals surface area contributed by atoms with Crippen LogP contribution in [0.25, 0.3) is 0 Å². The van der Waals surface area contributed by atoms with Crippen molar-refractivity contribution in [1.82, 2.24) is 0 Å². The summed E-state index contributed by atoms with van der Waals surface area (Å²) >= 11 is 0. The van der Waals surface area contributed by atoms with Crippen molar-refractivity contribution >= 4 is 5.97 Å². The number of halogens is 3. The van der Waals surface area contributed by atoms with Gasteiger partial charge in [-0.15, -0.1) is 0 Å². The lowest BCUT2D eigenvalue weighted by Gasteiger charge is -2.05. The highest BCUT2D eigenvalue weighted by molar-refractivity contribution is 5.67. The molecule has 0 heterocycles. The molecule has 1 aromatic rings. The van der Waals surface area contributed by atoms with E-state index in [4.69, 9.17) is 5.11 Å². The third-order valence-electron chi connectivity index (χ3n) is 1.91. The van der Waals surface area contributed by atoms with E-state index >= 15 is 0 Å². The summed E-state index contributed by atoms with van der Waals surface area (Å²) in [5, 5.41) is 8.34. The quantitative estimate of drug-likeness (QED) is 0.809. The van der Waals surface area contributed by atoms with Crippen LogP contribution >= 0.6 is 0 Å². The lowest BCUT2D eigenvalue weighted by Crippen LogP contribution is -2.04. The van der Waals surface area contributed by atoms with Crippen molar-refractivity contribution in [3.8, 4) is 11.8 Å². The number of carboxylic acid groups (broad SMARTS) is 1. The normalized spacial score (nSPS) is 10.5. The average molecular weight is 242 g/mol. The van der Waals surface area contributed by atoms with E-state index in [1.165, 1.54) is 12.1 Å². The van der Waals surface area contributed by atoms with Gasteiger partial charge in [0.15, 0.2) is 0 Å². The third kappa shape index (κ3) is 4.60. The van der Waals surface area contributed by atoms with Gasteiger partial charge in [-0.1, -0.05) is 11.8 Å². The van der Waals surface area contributed by atoms with E-state index in [1.807, 2.05) is 0 Å². The Balaban J connectivity index is 2.66. The number of alkyl halides is 3. The minimum Gasteiger partial charge on any atom is -0.481 e. The van der Waals surface area contributed by atoms with Crippen molar-refractivity contribution in [2.45, 2.75) is 19.0 Å². The Morgan fingerprint density at radius 2 is 1.82 bits per heavy atom. The Bertz CT molecular complexity index is 449. The summed E-state index contributed by atoms with van der Waals surface area (Å²) in [4.78, 5) is 10.2. The van der Waals surface area contributed by atoms with Crippen LogP contribution in [0.2, 0.25) is 0 Å². The number of carbonyl (C=O) groups is 1. The van der Waals surface area contributed by atoms with Gasteiger partial charge in [0.05, 0.1) is 12.0 Å². The monoisotopic (exact) mass is 242 g/mol. The van der Waals surface area contributed by atoms with Gasteiger partial charge in [-0.05, 0) is 24.3 Å². The van der Waals surface area contributed by atoms with Gasteiger partial charge in [0, 0.05) is 12.0 Å². The van der Waals surface area contributed by atoms with Crippen LogP contribution < -0.4 is 0 Å². The molecular formula is C12H9F3O2. The molecule has 0 saturated heterocycles. The van der Waals surface area contributed by atoms with Gasteiger partial charge in [-0.3, -0.25) is 4.79 Å². The third-order valence-corrected chi connectivity index (χ3v) is 1.91. The highest BCUT2D eigenvalue weighted by Gasteiger charge is 2.29. The molecule has 0 bridgehead atoms. The van der Waals surface area contributed by atoms with Gasteiger partial charge < -0.3 is 5.11 Å². The minimum absolute atomic E-state index is 0.0758. The molecule has 0 radical (unpaired) electrons. The number of benzene rings is 1. The van der Waals surface area contributed by atoms with E-state index in [9.17, 15) is 18.0 Å². The molecule has 0 aromatic heterocycles. The fourth-order valence-corrected chi connectivity index (χ4v) is 1.08. The SMILES string of the molecule is O=C(O)CCC#Cc1ccc(C(F)(F)F)cc1. The summed E-state index contributed by atoms with van der Waals surface area (Å²) in [6.07, 6.45) is -4.25. The van der Waals surface area contributed by atoms with Crippen molar-refractivity contribution in [1.29, 1.82) is 0 Å². The van der Waals surface area contributed by atoms with Crippen molar-refractivity contribution in [2.75, 3.05) is 0 Å². The number of rotatable bonds is 2. The Morgan fingerprint density at radius 3 is 2.29 bits per heavy atom. The van der Waals surface area contributed by atoms with E-state index in [0.717, 1.165) is 12.1 Å². The molecule has 0 aliphatic rings. The molecule has 0 aliphatic heterocycles. The van der Waals surface area contributed by atoms with Crippen LogP contribution in [0.4, 0.5) is 13.2 Å². The van der Waals surface area contributed by atoms with Crippen LogP contribution in [-0.2, 0) is 11.0 Å². The first-order valence-electron chi connectivity index (χ1n) is 4.77. The molecule has 0 amide bonds. The van der Waals surface area contributed by atoms with Crippen LogP contribution in [0.1, 0.15) is 24.0 Å². The number of hydrogen-bond donors (Lipinski definition) is 1. The van der Waals surface area contributed by atoms with Crippen molar-refractivity contribution < 1.29 is 23.1 Å². The molecule has 0 spiro atoms. The summed E-state index contributed by atoms with van der Waals surface area (Å²) in [6.45, 7) is 0. The van der Waals surface area contributed by atoms with Crippen LogP contribution in [0.3, 0.4) is 0 Å². The molecule has 0 atom stereocenters. The molecule has 0 fully saturated rings. The van der Waals surface area contributed by atoms with E-state index in [0.29, 0.717) is 5.56 Å². The first-order chi connectivity index (χ1) is 7.89. The standard InChI is InChI=1S/C12H9F3O2/c13-12(14,15)10-7-5-9(6-8-10)3-1-2-4-11(16)17/h5-8H,2,4H2,(H,16,17). The second-order valence-electron chi connectivity index (χ2n) is 3.27. The Labute approximate surface area is 96.1 Å². The molecule has 2 nitrogen and oxygen atoms in total. The zero-order chi connectivity index (χ0) is 12.9. The predicted molar refractivity (Wildman–Crippen MR) is 55.2 cm³/mol. The molecule has 90 valence electrons. The Morgan fingerprint density at radius 1 is 1.24 bits per heavy atom. The Kier molecular flexibility index (Phi) is 4.16. The number of aliphatic carboxylic acids is 1. The van der Waals surface area contributed by atoms with E-state index in [-0.39, 0.29) is 12.8 Å². The maximum Gasteiger partial charge on any atom is 0.416 e. The summed E-state index contributed by atoms with van der Waals surface area (Å²) in [5.41, 5.74) is -0.294. The second kappa shape index (κ2) is 5.39. The highest BCUT2D eigenvalue weighted by atomic mass is 19.4. The fraction of sp³-hybridized carbons (Fsp3) is 0.250. The van der Waals surface area contributed by atoms with Gasteiger partial charge in [0.1, 0.15) is 0 Å². The molecule has 0 aliphatic carbocycles. The van der Waals surface area contributed by atoms with E-state index in [1.54, 1.807) is 0 Å². The molecule has 1 aromatic carbocycles. The lowest BCUT2D eigenvalue weighted by molar-refractivity contribution is -0.138. The maximum atomic E-state index is 12.2. The van der Waals surface area contributed by atoms with Gasteiger partial charge in [-0.2, -0.15) is 13.2 Å². The molecule has 1 N–H and O–H groups in total. The van der Waals surface area contributed by atoms with Crippen molar-refractivity contribution in [3.05, 3.63) is 35.4 Å². The summed E-state index contributed by atoms with van der Waals surface area (Å²) in [5.74, 6) is 4.23. The first kappa shape index (κ1) is 13.1. The van der Waals surface area contributed by atoms with E-state index < -0.39 is 17.7 Å². The largest absolute Gasteiger partial charge is 0.481 e. The summed E-state index contributed by atoms with van der Waals surface area (Å²) in [7, 11) is 0. The van der Waals surface area contributed by atoms with Gasteiger partial charge in [0.2, 0.25) is 0 Å². The van der Waals surface area contributed by atoms with Crippen LogP contribution in [-0.4, -0.2) is 11.1 Å². The zero-order valence-electron chi connectivity index (χ0n) is 8.71. The van der Waals surface area contributed by atoms with Gasteiger partial charge >= 0.3 is 12.1 Å². The zero-order valence-corrected chi connectivity index (χ0v) is 8.71. The number of hydrogen-bond acceptors (Lipinski definition) is 1. The molecule has 5 heteroatoms. The molecule has 1 rings (SSSR count). The van der Waals surface area contributed by atoms with Crippen molar-refractivity contribution in [3.63, 3.8) is 0 Å². The average Bonchev–Trinajstić information content (AvgIpc) is 2.23. The number of carboxylic acids is 1. The minimum atomic E-state index is -4.35. The smallest absolute Gasteiger partial charge is 0.416 e. The maximum absolute atomic E-state index is 12.2. The summed E-state index contributed by atoms with van der Waals surface area (Å²) < 4.78 is 36.6. The molecule has 0 unspecified atom stereocenters. The fourth-order valence-electron chi connectivity index (χ4n) is 1.08. The lowest BCUT2D eigenvalue weighted by atomic mass is 10.1. The molecule has 0 saturated carbocycles. The van der Waals surface area contributed by atoms with Gasteiger partial charge in [0.25, 0.3) is 0 Å². The van der Waals surface area contributed by atoms with Gasteiger partial charge in [-0.25, -0.2) is 0 Å². The van der Waals surface area contributed by atoms with E-state index in [2.05, 4.69) is 11.8 Å². The topological polar surface area (TPSA) is 37.3 Å². The highest BCUT2D eigenvalue weighted by Crippen LogP contribution is 2.28. The Hall–Kier alpha value is -1.96. The summed E-state index contributed by atoms with van der Waals surface area (Å²) in [6, 6.07) is 4.41. The molecule has 17 heavy (non-hydrogen) atoms. The second-order valence-corrected chi connectivity index (χ2v) is 3.27.